The van der Waals surface area contributed by atoms with Crippen LogP contribution >= 0.6 is 0 Å². The maximum absolute atomic E-state index is 11.9. The van der Waals surface area contributed by atoms with Crippen LogP contribution in [0.5, 0.6) is 0 Å². The van der Waals surface area contributed by atoms with Crippen LogP contribution in [-0.2, 0) is 4.79 Å². The van der Waals surface area contributed by atoms with Crippen LogP contribution in [0.2, 0.25) is 0 Å². The first-order valence-electron chi connectivity index (χ1n) is 6.45. The molecule has 5 nitrogen and oxygen atoms in total. The molecule has 2 aliphatic rings. The molecule has 1 saturated heterocycles. The number of likely N-dealkylation sites (tertiary alicyclic amines) is 1. The van der Waals surface area contributed by atoms with E-state index in [9.17, 15) is 9.59 Å². The molecule has 17 heavy (non-hydrogen) atoms. The number of carboxylic acid groups (broad SMARTS) is 1. The van der Waals surface area contributed by atoms with Gasteiger partial charge in [0.1, 0.15) is 0 Å². The highest BCUT2D eigenvalue weighted by molar-refractivity contribution is 5.76. The van der Waals surface area contributed by atoms with Crippen molar-refractivity contribution in [1.29, 1.82) is 0 Å². The SMILES string of the molecule is O=C(O)CCNC(=O)N1CCC2CCCCC21. The normalized spacial score (nSPS) is 27.6. The number of nitrogens with one attached hydrogen (secondary N) is 1. The third-order valence-corrected chi connectivity index (χ3v) is 3.89. The fourth-order valence-electron chi connectivity index (χ4n) is 3.04. The van der Waals surface area contributed by atoms with Gasteiger partial charge >= 0.3 is 12.0 Å². The molecule has 1 aliphatic carbocycles. The van der Waals surface area contributed by atoms with Gasteiger partial charge in [0.05, 0.1) is 6.42 Å². The fraction of sp³-hybridized carbons (Fsp3) is 0.833. The smallest absolute Gasteiger partial charge is 0.317 e. The van der Waals surface area contributed by atoms with Crippen LogP contribution in [0, 0.1) is 5.92 Å². The van der Waals surface area contributed by atoms with Crippen molar-refractivity contribution in [3.05, 3.63) is 0 Å². The molecular formula is C12H20N2O3. The number of carbonyl (C=O) groups excluding carboxylic acids is 1. The van der Waals surface area contributed by atoms with E-state index in [4.69, 9.17) is 5.11 Å². The Balaban J connectivity index is 1.81. The number of carboxylic acids is 1. The van der Waals surface area contributed by atoms with Crippen molar-refractivity contribution >= 4 is 12.0 Å². The van der Waals surface area contributed by atoms with Crippen LogP contribution in [0.15, 0.2) is 0 Å². The van der Waals surface area contributed by atoms with Crippen molar-refractivity contribution in [1.82, 2.24) is 10.2 Å². The first-order valence-corrected chi connectivity index (χ1v) is 6.45. The number of aliphatic carboxylic acids is 1. The maximum atomic E-state index is 11.9. The second kappa shape index (κ2) is 5.38. The van der Waals surface area contributed by atoms with E-state index in [-0.39, 0.29) is 19.0 Å². The summed E-state index contributed by atoms with van der Waals surface area (Å²) in [6, 6.07) is 0.314. The number of rotatable bonds is 3. The minimum absolute atomic E-state index is 0.00627. The Labute approximate surface area is 101 Å². The molecule has 1 saturated carbocycles. The zero-order valence-corrected chi connectivity index (χ0v) is 10.0. The second-order valence-electron chi connectivity index (χ2n) is 4.97. The predicted octanol–water partition coefficient (Wildman–Crippen LogP) is 1.44. The number of nitrogens with zero attached hydrogens (tertiary/aromatic N) is 1. The minimum atomic E-state index is -0.873. The van der Waals surface area contributed by atoms with Gasteiger partial charge in [0.25, 0.3) is 0 Å². The molecule has 0 spiro atoms. The first kappa shape index (κ1) is 12.2. The Morgan fingerprint density at radius 3 is 2.76 bits per heavy atom. The molecule has 2 rings (SSSR count). The molecule has 96 valence electrons. The molecule has 0 radical (unpaired) electrons. The first-order chi connectivity index (χ1) is 8.18. The van der Waals surface area contributed by atoms with E-state index in [1.165, 1.54) is 19.3 Å². The number of hydrogen-bond acceptors (Lipinski definition) is 2. The lowest BCUT2D eigenvalue weighted by Crippen LogP contribution is -2.45. The summed E-state index contributed by atoms with van der Waals surface area (Å²) < 4.78 is 0. The van der Waals surface area contributed by atoms with Crippen LogP contribution < -0.4 is 5.32 Å². The van der Waals surface area contributed by atoms with E-state index in [0.717, 1.165) is 19.4 Å². The fourth-order valence-corrected chi connectivity index (χ4v) is 3.04. The van der Waals surface area contributed by atoms with Crippen LogP contribution in [0.4, 0.5) is 4.79 Å². The van der Waals surface area contributed by atoms with E-state index >= 15 is 0 Å². The molecule has 2 atom stereocenters. The molecule has 2 N–H and O–H groups in total. The largest absolute Gasteiger partial charge is 0.481 e. The lowest BCUT2D eigenvalue weighted by atomic mass is 9.85. The number of urea groups is 1. The quantitative estimate of drug-likeness (QED) is 0.784. The number of fused-ring (bicyclic) bond motifs is 1. The monoisotopic (exact) mass is 240 g/mol. The number of hydrogen-bond donors (Lipinski definition) is 2. The Bertz CT molecular complexity index is 306. The summed E-state index contributed by atoms with van der Waals surface area (Å²) in [5.74, 6) is -0.198. The summed E-state index contributed by atoms with van der Waals surface area (Å²) in [5, 5.41) is 11.2. The molecule has 0 aromatic carbocycles. The molecule has 0 bridgehead atoms. The van der Waals surface area contributed by atoms with Crippen molar-refractivity contribution in [2.24, 2.45) is 5.92 Å². The second-order valence-corrected chi connectivity index (χ2v) is 4.97. The van der Waals surface area contributed by atoms with Gasteiger partial charge in [-0.2, -0.15) is 0 Å². The van der Waals surface area contributed by atoms with E-state index in [1.54, 1.807) is 0 Å². The van der Waals surface area contributed by atoms with E-state index in [2.05, 4.69) is 5.32 Å². The lowest BCUT2D eigenvalue weighted by Gasteiger charge is -2.31. The van der Waals surface area contributed by atoms with E-state index < -0.39 is 5.97 Å². The molecule has 2 unspecified atom stereocenters. The molecule has 5 heteroatoms. The number of carbonyl (C=O) groups is 2. The Hall–Kier alpha value is -1.26. The van der Waals surface area contributed by atoms with Gasteiger partial charge < -0.3 is 15.3 Å². The van der Waals surface area contributed by atoms with Gasteiger partial charge in [-0.3, -0.25) is 4.79 Å². The van der Waals surface area contributed by atoms with Gasteiger partial charge in [-0.05, 0) is 25.2 Å². The zero-order chi connectivity index (χ0) is 12.3. The topological polar surface area (TPSA) is 69.6 Å². The van der Waals surface area contributed by atoms with Gasteiger partial charge in [-0.1, -0.05) is 12.8 Å². The predicted molar refractivity (Wildman–Crippen MR) is 62.7 cm³/mol. The average Bonchev–Trinajstić information content (AvgIpc) is 2.72. The number of amides is 2. The van der Waals surface area contributed by atoms with Crippen LogP contribution in [0.1, 0.15) is 38.5 Å². The van der Waals surface area contributed by atoms with Crippen LogP contribution in [0.25, 0.3) is 0 Å². The van der Waals surface area contributed by atoms with E-state index in [0.29, 0.717) is 12.0 Å². The van der Waals surface area contributed by atoms with Crippen LogP contribution in [0.3, 0.4) is 0 Å². The Kier molecular flexibility index (Phi) is 3.86. The Morgan fingerprint density at radius 1 is 1.24 bits per heavy atom. The molecular weight excluding hydrogens is 220 g/mol. The zero-order valence-electron chi connectivity index (χ0n) is 10.0. The van der Waals surface area contributed by atoms with Crippen LogP contribution in [-0.4, -0.2) is 41.1 Å². The van der Waals surface area contributed by atoms with Gasteiger partial charge in [-0.25, -0.2) is 4.79 Å². The molecule has 0 aromatic rings. The van der Waals surface area contributed by atoms with E-state index in [1.807, 2.05) is 4.90 Å². The molecule has 2 fully saturated rings. The summed E-state index contributed by atoms with van der Waals surface area (Å²) >= 11 is 0. The van der Waals surface area contributed by atoms with Crippen molar-refractivity contribution in [2.45, 2.75) is 44.6 Å². The highest BCUT2D eigenvalue weighted by atomic mass is 16.4. The third kappa shape index (κ3) is 2.90. The summed E-state index contributed by atoms with van der Waals surface area (Å²) in [5.41, 5.74) is 0. The average molecular weight is 240 g/mol. The molecule has 2 amide bonds. The van der Waals surface area contributed by atoms with Gasteiger partial charge in [0.15, 0.2) is 0 Å². The highest BCUT2D eigenvalue weighted by Crippen LogP contribution is 2.35. The highest BCUT2D eigenvalue weighted by Gasteiger charge is 2.37. The van der Waals surface area contributed by atoms with Gasteiger partial charge in [-0.15, -0.1) is 0 Å². The Morgan fingerprint density at radius 2 is 2.00 bits per heavy atom. The van der Waals surface area contributed by atoms with Crippen molar-refractivity contribution in [3.63, 3.8) is 0 Å². The molecule has 0 aromatic heterocycles. The van der Waals surface area contributed by atoms with Crippen molar-refractivity contribution in [2.75, 3.05) is 13.1 Å². The maximum Gasteiger partial charge on any atom is 0.317 e. The minimum Gasteiger partial charge on any atom is -0.481 e. The summed E-state index contributed by atoms with van der Waals surface area (Å²) in [7, 11) is 0. The van der Waals surface area contributed by atoms with Crippen molar-refractivity contribution < 1.29 is 14.7 Å². The van der Waals surface area contributed by atoms with Gasteiger partial charge in [0.2, 0.25) is 0 Å². The standard InChI is InChI=1S/C12H20N2O3/c15-11(16)5-7-13-12(17)14-8-6-9-3-1-2-4-10(9)14/h9-10H,1-8H2,(H,13,17)(H,15,16). The summed E-state index contributed by atoms with van der Waals surface area (Å²) in [6.07, 6.45) is 5.95. The molecule has 1 heterocycles. The molecule has 1 aliphatic heterocycles. The summed E-state index contributed by atoms with van der Waals surface area (Å²) in [4.78, 5) is 24.2. The van der Waals surface area contributed by atoms with Crippen molar-refractivity contribution in [3.8, 4) is 0 Å². The summed E-state index contributed by atoms with van der Waals surface area (Å²) in [6.45, 7) is 1.05. The third-order valence-electron chi connectivity index (χ3n) is 3.89. The lowest BCUT2D eigenvalue weighted by molar-refractivity contribution is -0.136. The van der Waals surface area contributed by atoms with Gasteiger partial charge in [0, 0.05) is 19.1 Å².